The largest absolute Gasteiger partial charge is 0.370 e. The van der Waals surface area contributed by atoms with E-state index in [2.05, 4.69) is 0 Å². The Bertz CT molecular complexity index is 488. The van der Waals surface area contributed by atoms with Crippen molar-refractivity contribution in [3.05, 3.63) is 30.3 Å². The Kier molecular flexibility index (Phi) is 5.26. The van der Waals surface area contributed by atoms with E-state index in [0.717, 1.165) is 4.41 Å². The Hall–Kier alpha value is -1.44. The van der Waals surface area contributed by atoms with Crippen LogP contribution in [0.15, 0.2) is 35.2 Å². The molecule has 0 saturated heterocycles. The first-order valence-corrected chi connectivity index (χ1v) is 6.99. The van der Waals surface area contributed by atoms with Crippen molar-refractivity contribution in [3.63, 3.8) is 0 Å². The summed E-state index contributed by atoms with van der Waals surface area (Å²) >= 11 is 0. The average molecular weight is 271 g/mol. The highest BCUT2D eigenvalue weighted by Gasteiger charge is 2.20. The number of carbonyl (C=O) groups excluding carboxylic acids is 1. The first-order chi connectivity index (χ1) is 8.44. The molecule has 0 aromatic heterocycles. The first-order valence-electron chi connectivity index (χ1n) is 5.55. The molecule has 0 aliphatic heterocycles. The lowest BCUT2D eigenvalue weighted by Crippen LogP contribution is -2.38. The van der Waals surface area contributed by atoms with Gasteiger partial charge in [0.15, 0.2) is 0 Å². The van der Waals surface area contributed by atoms with Crippen molar-refractivity contribution in [2.45, 2.75) is 24.2 Å². The average Bonchev–Trinajstić information content (AvgIpc) is 2.35. The van der Waals surface area contributed by atoms with Crippen LogP contribution in [0.5, 0.6) is 0 Å². The molecule has 7 heteroatoms. The maximum Gasteiger partial charge on any atom is 0.255 e. The number of nitrogens with zero attached hydrogens (tertiary/aromatic N) is 1. The molecule has 0 unspecified atom stereocenters. The van der Waals surface area contributed by atoms with Crippen LogP contribution in [0.3, 0.4) is 0 Å². The number of hydrogen-bond donors (Lipinski definition) is 2. The van der Waals surface area contributed by atoms with Gasteiger partial charge in [0.25, 0.3) is 10.0 Å². The predicted molar refractivity (Wildman–Crippen MR) is 67.6 cm³/mol. The Labute approximate surface area is 107 Å². The second-order valence-corrected chi connectivity index (χ2v) is 5.74. The van der Waals surface area contributed by atoms with Crippen LogP contribution in [0.25, 0.3) is 0 Å². The smallest absolute Gasteiger partial charge is 0.255 e. The van der Waals surface area contributed by atoms with Crippen molar-refractivity contribution in [1.29, 1.82) is 0 Å². The SMILES string of the molecule is NC(=O)CCCCN(N)S(=O)(=O)c1ccccc1. The highest BCUT2D eigenvalue weighted by atomic mass is 32.2. The van der Waals surface area contributed by atoms with E-state index in [4.69, 9.17) is 11.6 Å². The van der Waals surface area contributed by atoms with Gasteiger partial charge >= 0.3 is 0 Å². The van der Waals surface area contributed by atoms with Gasteiger partial charge in [-0.05, 0) is 25.0 Å². The normalized spacial score (nSPS) is 11.7. The minimum atomic E-state index is -3.64. The monoisotopic (exact) mass is 271 g/mol. The van der Waals surface area contributed by atoms with E-state index in [0.29, 0.717) is 12.8 Å². The van der Waals surface area contributed by atoms with E-state index >= 15 is 0 Å². The van der Waals surface area contributed by atoms with E-state index in [1.807, 2.05) is 0 Å². The van der Waals surface area contributed by atoms with Crippen molar-refractivity contribution in [3.8, 4) is 0 Å². The van der Waals surface area contributed by atoms with Crippen LogP contribution < -0.4 is 11.6 Å². The van der Waals surface area contributed by atoms with Crippen LogP contribution in [0.1, 0.15) is 19.3 Å². The molecule has 0 radical (unpaired) electrons. The molecule has 1 aromatic rings. The third kappa shape index (κ3) is 4.10. The van der Waals surface area contributed by atoms with Gasteiger partial charge in [-0.25, -0.2) is 8.42 Å². The zero-order valence-corrected chi connectivity index (χ0v) is 10.8. The summed E-state index contributed by atoms with van der Waals surface area (Å²) in [7, 11) is -3.64. The van der Waals surface area contributed by atoms with E-state index in [9.17, 15) is 13.2 Å². The number of rotatable bonds is 7. The predicted octanol–water partition coefficient (Wildman–Crippen LogP) is 0.207. The van der Waals surface area contributed by atoms with Crippen molar-refractivity contribution in [2.24, 2.45) is 11.6 Å². The summed E-state index contributed by atoms with van der Waals surface area (Å²) in [5, 5.41) is 0. The molecule has 0 bridgehead atoms. The van der Waals surface area contributed by atoms with Crippen LogP contribution in [0.4, 0.5) is 0 Å². The zero-order valence-electron chi connectivity index (χ0n) is 9.95. The molecule has 0 fully saturated rings. The number of benzene rings is 1. The topological polar surface area (TPSA) is 106 Å². The van der Waals surface area contributed by atoms with Gasteiger partial charge in [-0.2, -0.15) is 0 Å². The molecule has 0 spiro atoms. The fraction of sp³-hybridized carbons (Fsp3) is 0.364. The maximum absolute atomic E-state index is 12.0. The molecule has 1 aromatic carbocycles. The quantitative estimate of drug-likeness (QED) is 0.420. The molecule has 100 valence electrons. The molecule has 0 saturated carbocycles. The van der Waals surface area contributed by atoms with Gasteiger partial charge in [0.05, 0.1) is 4.90 Å². The molecular weight excluding hydrogens is 254 g/mol. The molecule has 6 nitrogen and oxygen atoms in total. The number of hydrogen-bond acceptors (Lipinski definition) is 4. The summed E-state index contributed by atoms with van der Waals surface area (Å²) < 4.78 is 24.7. The molecule has 4 N–H and O–H groups in total. The van der Waals surface area contributed by atoms with Gasteiger partial charge in [-0.1, -0.05) is 18.2 Å². The van der Waals surface area contributed by atoms with Gasteiger partial charge in [0.1, 0.15) is 0 Å². The van der Waals surface area contributed by atoms with Crippen LogP contribution in [0, 0.1) is 0 Å². The second kappa shape index (κ2) is 6.48. The van der Waals surface area contributed by atoms with Crippen LogP contribution >= 0.6 is 0 Å². The Morgan fingerprint density at radius 3 is 2.33 bits per heavy atom. The van der Waals surface area contributed by atoms with E-state index < -0.39 is 15.9 Å². The highest BCUT2D eigenvalue weighted by molar-refractivity contribution is 7.89. The van der Waals surface area contributed by atoms with Gasteiger partial charge < -0.3 is 5.73 Å². The lowest BCUT2D eigenvalue weighted by Gasteiger charge is -2.16. The van der Waals surface area contributed by atoms with Crippen molar-refractivity contribution in [2.75, 3.05) is 6.54 Å². The fourth-order valence-corrected chi connectivity index (χ4v) is 2.56. The van der Waals surface area contributed by atoms with E-state index in [1.165, 1.54) is 12.1 Å². The fourth-order valence-electron chi connectivity index (χ4n) is 1.41. The molecule has 1 amide bonds. The molecule has 0 atom stereocenters. The Balaban J connectivity index is 2.56. The number of hydrazine groups is 1. The third-order valence-electron chi connectivity index (χ3n) is 2.40. The molecule has 0 aliphatic rings. The number of sulfonamides is 1. The van der Waals surface area contributed by atoms with E-state index in [-0.39, 0.29) is 17.9 Å². The maximum atomic E-state index is 12.0. The summed E-state index contributed by atoms with van der Waals surface area (Å²) in [5.41, 5.74) is 4.98. The van der Waals surface area contributed by atoms with Crippen LogP contribution in [0.2, 0.25) is 0 Å². The molecule has 1 rings (SSSR count). The number of nitrogens with two attached hydrogens (primary N) is 2. The van der Waals surface area contributed by atoms with Gasteiger partial charge in [-0.15, -0.1) is 4.41 Å². The summed E-state index contributed by atoms with van der Waals surface area (Å²) in [6, 6.07) is 7.96. The zero-order chi connectivity index (χ0) is 13.6. The minimum absolute atomic E-state index is 0.155. The summed E-state index contributed by atoms with van der Waals surface area (Å²) in [5.74, 6) is 5.13. The van der Waals surface area contributed by atoms with Gasteiger partial charge in [-0.3, -0.25) is 10.6 Å². The summed E-state index contributed by atoms with van der Waals surface area (Å²) in [6.07, 6.45) is 1.25. The van der Waals surface area contributed by atoms with Crippen molar-refractivity contribution in [1.82, 2.24) is 4.41 Å². The third-order valence-corrected chi connectivity index (χ3v) is 4.07. The molecular formula is C11H17N3O3S. The molecule has 0 heterocycles. The van der Waals surface area contributed by atoms with Crippen molar-refractivity contribution >= 4 is 15.9 Å². The van der Waals surface area contributed by atoms with Crippen molar-refractivity contribution < 1.29 is 13.2 Å². The number of amides is 1. The summed E-state index contributed by atoms with van der Waals surface area (Å²) in [6.45, 7) is 0.157. The highest BCUT2D eigenvalue weighted by Crippen LogP contribution is 2.12. The summed E-state index contributed by atoms with van der Waals surface area (Å²) in [4.78, 5) is 10.7. The number of unbranched alkanes of at least 4 members (excludes halogenated alkanes) is 1. The number of primary amides is 1. The number of carbonyl (C=O) groups is 1. The second-order valence-electron chi connectivity index (χ2n) is 3.85. The van der Waals surface area contributed by atoms with Gasteiger partial charge in [0.2, 0.25) is 5.91 Å². The Morgan fingerprint density at radius 1 is 1.17 bits per heavy atom. The van der Waals surface area contributed by atoms with Gasteiger partial charge in [0, 0.05) is 13.0 Å². The molecule has 18 heavy (non-hydrogen) atoms. The first kappa shape index (κ1) is 14.6. The van der Waals surface area contributed by atoms with Crippen LogP contribution in [-0.2, 0) is 14.8 Å². The molecule has 0 aliphatic carbocycles. The van der Waals surface area contributed by atoms with Crippen LogP contribution in [-0.4, -0.2) is 25.3 Å². The lowest BCUT2D eigenvalue weighted by molar-refractivity contribution is -0.118. The lowest BCUT2D eigenvalue weighted by atomic mass is 10.2. The standard InChI is InChI=1S/C11H17N3O3S/c12-11(15)8-4-5-9-14(13)18(16,17)10-6-2-1-3-7-10/h1-3,6-7H,4-5,8-9,13H2,(H2,12,15). The Morgan fingerprint density at radius 2 is 1.78 bits per heavy atom. The minimum Gasteiger partial charge on any atom is -0.370 e. The van der Waals surface area contributed by atoms with E-state index in [1.54, 1.807) is 18.2 Å².